The van der Waals surface area contributed by atoms with E-state index >= 15 is 0 Å². The van der Waals surface area contributed by atoms with E-state index in [9.17, 15) is 13.2 Å². The number of rotatable bonds is 7. The molecule has 2 aromatic rings. The normalized spacial score (nSPS) is 15.5. The molecule has 8 heteroatoms. The first kappa shape index (κ1) is 23.3. The molecule has 0 spiro atoms. The van der Waals surface area contributed by atoms with Gasteiger partial charge in [0.15, 0.2) is 0 Å². The van der Waals surface area contributed by atoms with Crippen molar-refractivity contribution in [1.29, 1.82) is 0 Å². The lowest BCUT2D eigenvalue weighted by Gasteiger charge is -2.33. The number of carbonyl (C=O) groups is 1. The summed E-state index contributed by atoms with van der Waals surface area (Å²) in [5, 5.41) is 2.72. The molecule has 1 aliphatic heterocycles. The summed E-state index contributed by atoms with van der Waals surface area (Å²) >= 11 is 0. The van der Waals surface area contributed by atoms with Crippen molar-refractivity contribution in [2.45, 2.75) is 6.92 Å². The van der Waals surface area contributed by atoms with Gasteiger partial charge < -0.3 is 10.2 Å². The first-order valence-corrected chi connectivity index (χ1v) is 11.2. The molecule has 0 unspecified atom stereocenters. The molecular weight excluding hydrogens is 410 g/mol. The van der Waals surface area contributed by atoms with Gasteiger partial charge in [-0.25, -0.2) is 8.42 Å². The van der Waals surface area contributed by atoms with Crippen LogP contribution in [0.4, 0.5) is 0 Å². The van der Waals surface area contributed by atoms with Gasteiger partial charge in [0.2, 0.25) is 10.0 Å². The van der Waals surface area contributed by atoms with Crippen molar-refractivity contribution in [1.82, 2.24) is 14.5 Å². The Hall–Kier alpha value is -1.93. The van der Waals surface area contributed by atoms with Crippen molar-refractivity contribution in [3.05, 3.63) is 60.2 Å². The van der Waals surface area contributed by atoms with E-state index < -0.39 is 10.0 Å². The van der Waals surface area contributed by atoms with E-state index in [1.165, 1.54) is 4.31 Å². The number of amides is 1. The lowest BCUT2D eigenvalue weighted by molar-refractivity contribution is 0.0956. The minimum absolute atomic E-state index is 0. The van der Waals surface area contributed by atoms with Crippen LogP contribution in [0.25, 0.3) is 11.1 Å². The first-order chi connectivity index (χ1) is 13.5. The topological polar surface area (TPSA) is 69.7 Å². The van der Waals surface area contributed by atoms with Crippen molar-refractivity contribution in [2.75, 3.05) is 45.0 Å². The second kappa shape index (κ2) is 10.7. The molecule has 0 radical (unpaired) electrons. The Balaban J connectivity index is 0.00000300. The number of piperazine rings is 1. The van der Waals surface area contributed by atoms with Gasteiger partial charge in [0.25, 0.3) is 5.91 Å². The van der Waals surface area contributed by atoms with E-state index in [1.807, 2.05) is 42.5 Å². The van der Waals surface area contributed by atoms with Crippen molar-refractivity contribution in [3.63, 3.8) is 0 Å². The number of nitrogens with zero attached hydrogens (tertiary/aromatic N) is 2. The molecule has 6 nitrogen and oxygen atoms in total. The number of hydrogen-bond acceptors (Lipinski definition) is 4. The summed E-state index contributed by atoms with van der Waals surface area (Å²) in [6.07, 6.45) is 0. The summed E-state index contributed by atoms with van der Waals surface area (Å²) in [6.45, 7) is 5.68. The van der Waals surface area contributed by atoms with Crippen LogP contribution in [0.15, 0.2) is 54.6 Å². The fraction of sp³-hybridized carbons (Fsp3) is 0.381. The largest absolute Gasteiger partial charge is 0.351 e. The molecule has 3 rings (SSSR count). The van der Waals surface area contributed by atoms with Gasteiger partial charge in [0.1, 0.15) is 0 Å². The number of hydrogen-bond donors (Lipinski definition) is 1. The highest BCUT2D eigenvalue weighted by atomic mass is 35.5. The third-order valence-corrected chi connectivity index (χ3v) is 6.94. The van der Waals surface area contributed by atoms with Gasteiger partial charge in [0.05, 0.1) is 5.75 Å². The van der Waals surface area contributed by atoms with Crippen LogP contribution in [-0.2, 0) is 10.0 Å². The van der Waals surface area contributed by atoms with E-state index in [1.54, 1.807) is 12.1 Å². The zero-order valence-electron chi connectivity index (χ0n) is 16.6. The summed E-state index contributed by atoms with van der Waals surface area (Å²) in [5.74, 6) is -0.335. The number of halogens is 1. The monoisotopic (exact) mass is 437 g/mol. The van der Waals surface area contributed by atoms with Gasteiger partial charge in [-0.3, -0.25) is 4.79 Å². The van der Waals surface area contributed by atoms with E-state index in [-0.39, 0.29) is 30.6 Å². The number of benzene rings is 2. The Morgan fingerprint density at radius 2 is 1.52 bits per heavy atom. The van der Waals surface area contributed by atoms with Crippen molar-refractivity contribution in [2.24, 2.45) is 0 Å². The molecule has 0 saturated carbocycles. The predicted octanol–water partition coefficient (Wildman–Crippen LogP) is 2.47. The van der Waals surface area contributed by atoms with Crippen molar-refractivity contribution >= 4 is 28.3 Å². The van der Waals surface area contributed by atoms with Crippen LogP contribution in [0.3, 0.4) is 0 Å². The van der Waals surface area contributed by atoms with Gasteiger partial charge in [0, 0.05) is 38.3 Å². The van der Waals surface area contributed by atoms with Gasteiger partial charge >= 0.3 is 0 Å². The third kappa shape index (κ3) is 6.27. The van der Waals surface area contributed by atoms with Gasteiger partial charge in [-0.1, -0.05) is 49.4 Å². The number of likely N-dealkylation sites (N-methyl/N-ethyl adjacent to an activating group) is 1. The molecular formula is C21H28ClN3O3S. The summed E-state index contributed by atoms with van der Waals surface area (Å²) in [7, 11) is -3.34. The second-order valence-corrected chi connectivity index (χ2v) is 8.94. The standard InChI is InChI=1S/C21H27N3O3S.ClH/c1-2-23-13-15-24(16-14-23)28(26,27)17-12-22-21(25)20-10-8-19(9-11-20)18-6-4-3-5-7-18;/h3-11H,2,12-17H2,1H3,(H,22,25);1H. The maximum atomic E-state index is 12.5. The van der Waals surface area contributed by atoms with Crippen LogP contribution >= 0.6 is 12.4 Å². The van der Waals surface area contributed by atoms with Gasteiger partial charge in [-0.05, 0) is 29.8 Å². The second-order valence-electron chi connectivity index (χ2n) is 6.85. The Bertz CT molecular complexity index is 881. The molecule has 0 atom stereocenters. The first-order valence-electron chi connectivity index (χ1n) is 9.63. The van der Waals surface area contributed by atoms with Gasteiger partial charge in [-0.15, -0.1) is 12.4 Å². The lowest BCUT2D eigenvalue weighted by atomic mass is 10.0. The Morgan fingerprint density at radius 1 is 0.931 bits per heavy atom. The highest BCUT2D eigenvalue weighted by Crippen LogP contribution is 2.19. The van der Waals surface area contributed by atoms with Crippen LogP contribution in [0.1, 0.15) is 17.3 Å². The van der Waals surface area contributed by atoms with Crippen LogP contribution < -0.4 is 5.32 Å². The smallest absolute Gasteiger partial charge is 0.251 e. The maximum absolute atomic E-state index is 12.5. The zero-order valence-corrected chi connectivity index (χ0v) is 18.2. The molecule has 29 heavy (non-hydrogen) atoms. The van der Waals surface area contributed by atoms with Crippen LogP contribution in [0.5, 0.6) is 0 Å². The summed E-state index contributed by atoms with van der Waals surface area (Å²) < 4.78 is 26.4. The SMILES string of the molecule is CCN1CCN(S(=O)(=O)CCNC(=O)c2ccc(-c3ccccc3)cc2)CC1.Cl. The molecule has 1 saturated heterocycles. The summed E-state index contributed by atoms with van der Waals surface area (Å²) in [4.78, 5) is 14.5. The fourth-order valence-electron chi connectivity index (χ4n) is 3.29. The van der Waals surface area contributed by atoms with Crippen molar-refractivity contribution in [3.8, 4) is 11.1 Å². The quantitative estimate of drug-likeness (QED) is 0.722. The van der Waals surface area contributed by atoms with E-state index in [4.69, 9.17) is 0 Å². The minimum atomic E-state index is -3.34. The average Bonchev–Trinajstić information content (AvgIpc) is 2.74. The average molecular weight is 438 g/mol. The molecule has 0 aromatic heterocycles. The summed E-state index contributed by atoms with van der Waals surface area (Å²) in [5.41, 5.74) is 2.64. The lowest BCUT2D eigenvalue weighted by Crippen LogP contribution is -2.49. The summed E-state index contributed by atoms with van der Waals surface area (Å²) in [6, 6.07) is 17.2. The van der Waals surface area contributed by atoms with E-state index in [0.29, 0.717) is 18.7 Å². The van der Waals surface area contributed by atoms with Gasteiger partial charge in [-0.2, -0.15) is 4.31 Å². The van der Waals surface area contributed by atoms with E-state index in [2.05, 4.69) is 17.1 Å². The van der Waals surface area contributed by atoms with E-state index in [0.717, 1.165) is 30.8 Å². The zero-order chi connectivity index (χ0) is 20.0. The van der Waals surface area contributed by atoms with Crippen LogP contribution in [0, 0.1) is 0 Å². The molecule has 0 bridgehead atoms. The molecule has 1 aliphatic rings. The Labute approximate surface area is 179 Å². The minimum Gasteiger partial charge on any atom is -0.351 e. The molecule has 1 heterocycles. The number of sulfonamides is 1. The number of nitrogens with one attached hydrogen (secondary N) is 1. The van der Waals surface area contributed by atoms with Crippen LogP contribution in [-0.4, -0.2) is 68.6 Å². The molecule has 2 aromatic carbocycles. The molecule has 1 fully saturated rings. The molecule has 1 amide bonds. The molecule has 158 valence electrons. The number of carbonyl (C=O) groups excluding carboxylic acids is 1. The third-order valence-electron chi connectivity index (χ3n) is 5.07. The van der Waals surface area contributed by atoms with Crippen LogP contribution in [0.2, 0.25) is 0 Å². The molecule has 1 N–H and O–H groups in total. The molecule has 0 aliphatic carbocycles. The highest BCUT2D eigenvalue weighted by molar-refractivity contribution is 7.89. The fourth-order valence-corrected chi connectivity index (χ4v) is 4.63. The van der Waals surface area contributed by atoms with Crippen molar-refractivity contribution < 1.29 is 13.2 Å². The Morgan fingerprint density at radius 3 is 2.10 bits per heavy atom. The maximum Gasteiger partial charge on any atom is 0.251 e. The Kier molecular flexibility index (Phi) is 8.64. The predicted molar refractivity (Wildman–Crippen MR) is 119 cm³/mol. The highest BCUT2D eigenvalue weighted by Gasteiger charge is 2.26.